The molecule has 20 heavy (non-hydrogen) atoms. The Balaban J connectivity index is 2.36. The van der Waals surface area contributed by atoms with E-state index in [9.17, 15) is 13.2 Å². The predicted molar refractivity (Wildman–Crippen MR) is 73.9 cm³/mol. The van der Waals surface area contributed by atoms with Gasteiger partial charge in [0.05, 0.1) is 5.56 Å². The van der Waals surface area contributed by atoms with Gasteiger partial charge < -0.3 is 11.1 Å². The average molecular weight is 368 g/mol. The number of hydrogen-bond acceptors (Lipinski definition) is 4. The summed E-state index contributed by atoms with van der Waals surface area (Å²) < 4.78 is 38.4. The van der Waals surface area contributed by atoms with E-state index >= 15 is 0 Å². The zero-order valence-corrected chi connectivity index (χ0v) is 12.0. The third kappa shape index (κ3) is 3.73. The van der Waals surface area contributed by atoms with Crippen molar-refractivity contribution < 1.29 is 13.2 Å². The van der Waals surface area contributed by atoms with Crippen molar-refractivity contribution in [1.82, 2.24) is 9.97 Å². The Kier molecular flexibility index (Phi) is 4.05. The molecule has 0 radical (unpaired) electrons. The second-order valence-corrected chi connectivity index (χ2v) is 5.04. The third-order valence-electron chi connectivity index (χ3n) is 2.20. The van der Waals surface area contributed by atoms with Gasteiger partial charge in [-0.1, -0.05) is 11.6 Å². The number of anilines is 3. The highest BCUT2D eigenvalue weighted by Gasteiger charge is 2.31. The molecule has 0 saturated carbocycles. The van der Waals surface area contributed by atoms with E-state index in [1.165, 1.54) is 12.1 Å². The van der Waals surface area contributed by atoms with Gasteiger partial charge in [-0.25, -0.2) is 4.98 Å². The van der Waals surface area contributed by atoms with E-state index < -0.39 is 11.7 Å². The van der Waals surface area contributed by atoms with Crippen LogP contribution in [0.25, 0.3) is 0 Å². The Labute approximate surface area is 125 Å². The number of rotatable bonds is 2. The van der Waals surface area contributed by atoms with Crippen molar-refractivity contribution in [1.29, 1.82) is 0 Å². The molecule has 2 aromatic rings. The summed E-state index contributed by atoms with van der Waals surface area (Å²) in [6.07, 6.45) is -4.49. The van der Waals surface area contributed by atoms with Crippen LogP contribution in [0, 0.1) is 0 Å². The minimum Gasteiger partial charge on any atom is -0.383 e. The highest BCUT2D eigenvalue weighted by atomic mass is 79.9. The van der Waals surface area contributed by atoms with Crippen LogP contribution in [0.2, 0.25) is 5.02 Å². The van der Waals surface area contributed by atoms with E-state index in [0.717, 1.165) is 12.1 Å². The maximum Gasteiger partial charge on any atom is 0.416 e. The Morgan fingerprint density at radius 2 is 1.85 bits per heavy atom. The lowest BCUT2D eigenvalue weighted by atomic mass is 10.2. The van der Waals surface area contributed by atoms with Crippen molar-refractivity contribution in [2.45, 2.75) is 6.18 Å². The molecule has 9 heteroatoms. The van der Waals surface area contributed by atoms with Crippen LogP contribution in [0.4, 0.5) is 30.6 Å². The number of benzene rings is 1. The normalized spacial score (nSPS) is 11.4. The van der Waals surface area contributed by atoms with Gasteiger partial charge >= 0.3 is 6.18 Å². The number of alkyl halides is 3. The van der Waals surface area contributed by atoms with Gasteiger partial charge in [0.2, 0.25) is 5.95 Å². The zero-order chi connectivity index (χ0) is 14.9. The molecule has 1 heterocycles. The summed E-state index contributed by atoms with van der Waals surface area (Å²) in [5.74, 6) is 0.236. The third-order valence-corrected chi connectivity index (χ3v) is 2.82. The summed E-state index contributed by atoms with van der Waals surface area (Å²) >= 11 is 8.78. The minimum absolute atomic E-state index is 0.0507. The molecule has 0 fully saturated rings. The number of nitrogens with one attached hydrogen (secondary N) is 1. The first kappa shape index (κ1) is 14.9. The van der Waals surface area contributed by atoms with Gasteiger partial charge in [0.25, 0.3) is 0 Å². The number of aromatic nitrogens is 2. The van der Waals surface area contributed by atoms with E-state index in [1.807, 2.05) is 0 Å². The van der Waals surface area contributed by atoms with Crippen LogP contribution >= 0.6 is 27.5 Å². The lowest BCUT2D eigenvalue weighted by molar-refractivity contribution is -0.137. The summed E-state index contributed by atoms with van der Waals surface area (Å²) in [4.78, 5) is 7.79. The van der Waals surface area contributed by atoms with Crippen molar-refractivity contribution in [3.63, 3.8) is 0 Å². The van der Waals surface area contributed by atoms with Crippen LogP contribution in [-0.4, -0.2) is 9.97 Å². The molecule has 0 unspecified atom stereocenters. The molecule has 0 bridgehead atoms. The largest absolute Gasteiger partial charge is 0.416 e. The molecule has 0 amide bonds. The second-order valence-electron chi connectivity index (χ2n) is 3.79. The average Bonchev–Trinajstić information content (AvgIpc) is 2.25. The van der Waals surface area contributed by atoms with Crippen LogP contribution in [-0.2, 0) is 6.18 Å². The number of nitrogens with zero attached hydrogens (tertiary/aromatic N) is 2. The number of hydrogen-bond donors (Lipinski definition) is 2. The molecule has 0 atom stereocenters. The molecule has 4 nitrogen and oxygen atoms in total. The molecule has 106 valence electrons. The fourth-order valence-electron chi connectivity index (χ4n) is 1.45. The maximum absolute atomic E-state index is 12.7. The molecule has 1 aromatic carbocycles. The quantitative estimate of drug-likeness (QED) is 0.780. The summed E-state index contributed by atoms with van der Waals surface area (Å²) in [6.45, 7) is 0. The van der Waals surface area contributed by atoms with Gasteiger partial charge in [0.15, 0.2) is 0 Å². The number of halogens is 5. The fourth-order valence-corrected chi connectivity index (χ4v) is 2.08. The van der Waals surface area contributed by atoms with Crippen molar-refractivity contribution in [2.75, 3.05) is 11.1 Å². The predicted octanol–water partition coefficient (Wildman–Crippen LogP) is 4.24. The Morgan fingerprint density at radius 3 is 2.45 bits per heavy atom. The van der Waals surface area contributed by atoms with E-state index in [1.54, 1.807) is 0 Å². The lowest BCUT2D eigenvalue weighted by Crippen LogP contribution is -2.06. The van der Waals surface area contributed by atoms with E-state index in [2.05, 4.69) is 31.2 Å². The molecule has 1 aromatic heterocycles. The summed E-state index contributed by atoms with van der Waals surface area (Å²) in [6, 6.07) is 4.54. The Hall–Kier alpha value is -1.54. The van der Waals surface area contributed by atoms with Crippen LogP contribution in [0.3, 0.4) is 0 Å². The first-order valence-electron chi connectivity index (χ1n) is 5.19. The second kappa shape index (κ2) is 5.45. The molecule has 2 rings (SSSR count). The van der Waals surface area contributed by atoms with Crippen molar-refractivity contribution in [2.24, 2.45) is 0 Å². The molecule has 0 aliphatic heterocycles. The lowest BCUT2D eigenvalue weighted by Gasteiger charge is -2.11. The molecular formula is C11H7BrClF3N4. The van der Waals surface area contributed by atoms with Gasteiger partial charge in [0.1, 0.15) is 10.4 Å². The van der Waals surface area contributed by atoms with Crippen LogP contribution in [0.5, 0.6) is 0 Å². The van der Waals surface area contributed by atoms with Gasteiger partial charge in [-0.05, 0) is 34.1 Å². The fraction of sp³-hybridized carbons (Fsp3) is 0.0909. The van der Waals surface area contributed by atoms with Crippen LogP contribution < -0.4 is 11.1 Å². The van der Waals surface area contributed by atoms with Gasteiger partial charge in [-0.15, -0.1) is 0 Å². The van der Waals surface area contributed by atoms with Gasteiger partial charge in [-0.3, -0.25) is 0 Å². The summed E-state index contributed by atoms with van der Waals surface area (Å²) in [5, 5.41) is 2.57. The Morgan fingerprint density at radius 1 is 1.15 bits per heavy atom. The van der Waals surface area contributed by atoms with E-state index in [-0.39, 0.29) is 22.5 Å². The van der Waals surface area contributed by atoms with Gasteiger partial charge in [-0.2, -0.15) is 18.2 Å². The van der Waals surface area contributed by atoms with Crippen LogP contribution in [0.1, 0.15) is 5.56 Å². The van der Waals surface area contributed by atoms with Crippen molar-refractivity contribution in [3.8, 4) is 0 Å². The first-order chi connectivity index (χ1) is 9.24. The topological polar surface area (TPSA) is 63.8 Å². The smallest absolute Gasteiger partial charge is 0.383 e. The van der Waals surface area contributed by atoms with E-state index in [0.29, 0.717) is 4.60 Å². The highest BCUT2D eigenvalue weighted by molar-refractivity contribution is 9.10. The standard InChI is InChI=1S/C11H7BrClF3N4/c12-8-4-9(17)20-10(19-8)18-7-2-5(11(14,15)16)1-6(13)3-7/h1-4H,(H3,17,18,19,20). The van der Waals surface area contributed by atoms with Crippen LogP contribution in [0.15, 0.2) is 28.9 Å². The molecule has 0 aliphatic rings. The molecule has 0 saturated heterocycles. The molecule has 0 aliphatic carbocycles. The Bertz CT molecular complexity index is 628. The highest BCUT2D eigenvalue weighted by Crippen LogP contribution is 2.33. The summed E-state index contributed by atoms with van der Waals surface area (Å²) in [7, 11) is 0. The van der Waals surface area contributed by atoms with Gasteiger partial charge in [0, 0.05) is 16.8 Å². The molecule has 3 N–H and O–H groups in total. The molecule has 0 spiro atoms. The maximum atomic E-state index is 12.7. The van der Waals surface area contributed by atoms with E-state index in [4.69, 9.17) is 17.3 Å². The SMILES string of the molecule is Nc1cc(Br)nc(Nc2cc(Cl)cc(C(F)(F)F)c2)n1. The monoisotopic (exact) mass is 366 g/mol. The van der Waals surface area contributed by atoms with Crippen molar-refractivity contribution in [3.05, 3.63) is 39.5 Å². The molecular weight excluding hydrogens is 360 g/mol. The number of nitrogens with two attached hydrogens (primary N) is 1. The van der Waals surface area contributed by atoms with Crippen molar-refractivity contribution >= 4 is 45.0 Å². The minimum atomic E-state index is -4.49. The summed E-state index contributed by atoms with van der Waals surface area (Å²) in [5.41, 5.74) is 4.76. The number of nitrogen functional groups attached to an aromatic ring is 1. The first-order valence-corrected chi connectivity index (χ1v) is 6.36. The zero-order valence-electron chi connectivity index (χ0n) is 9.67.